The van der Waals surface area contributed by atoms with Gasteiger partial charge in [-0.2, -0.15) is 0 Å². The molecule has 2 amide bonds. The van der Waals surface area contributed by atoms with Crippen LogP contribution in [-0.2, 0) is 0 Å². The van der Waals surface area contributed by atoms with Crippen molar-refractivity contribution in [1.29, 1.82) is 0 Å². The summed E-state index contributed by atoms with van der Waals surface area (Å²) in [6, 6.07) is 11.7. The maximum absolute atomic E-state index is 13.6. The molecule has 25 heavy (non-hydrogen) atoms. The minimum atomic E-state index is -0.530. The van der Waals surface area contributed by atoms with Crippen LogP contribution in [0.1, 0.15) is 20.9 Å². The molecule has 2 aromatic carbocycles. The second kappa shape index (κ2) is 7.04. The smallest absolute Gasteiger partial charge is 0.287 e. The van der Waals surface area contributed by atoms with Crippen molar-refractivity contribution < 1.29 is 23.5 Å². The molecule has 0 aliphatic carbocycles. The predicted molar refractivity (Wildman–Crippen MR) is 88.9 cm³/mol. The second-order valence-corrected chi connectivity index (χ2v) is 5.33. The van der Waals surface area contributed by atoms with E-state index in [1.807, 2.05) is 0 Å². The number of rotatable bonds is 5. The van der Waals surface area contributed by atoms with Gasteiger partial charge in [-0.3, -0.25) is 9.59 Å². The molecule has 0 unspecified atom stereocenters. The minimum Gasteiger partial charge on any atom is -0.508 e. The van der Waals surface area contributed by atoms with E-state index < -0.39 is 11.7 Å². The molecule has 0 aliphatic heterocycles. The van der Waals surface area contributed by atoms with Crippen LogP contribution in [-0.4, -0.2) is 30.0 Å². The summed E-state index contributed by atoms with van der Waals surface area (Å²) in [5, 5.41) is 14.9. The first-order valence-corrected chi connectivity index (χ1v) is 7.58. The Labute approximate surface area is 142 Å². The molecule has 0 atom stereocenters. The van der Waals surface area contributed by atoms with Gasteiger partial charge in [0.2, 0.25) is 0 Å². The first kappa shape index (κ1) is 16.5. The SMILES string of the molecule is O=C(NCCNC(=O)c1cc2cccc(F)c2o1)c1ccc(O)cc1. The Morgan fingerprint density at radius 1 is 1.00 bits per heavy atom. The van der Waals surface area contributed by atoms with E-state index >= 15 is 0 Å². The van der Waals surface area contributed by atoms with Crippen molar-refractivity contribution in [2.24, 2.45) is 0 Å². The highest BCUT2D eigenvalue weighted by molar-refractivity contribution is 5.96. The number of benzene rings is 2. The summed E-state index contributed by atoms with van der Waals surface area (Å²) in [6.07, 6.45) is 0. The highest BCUT2D eigenvalue weighted by Crippen LogP contribution is 2.21. The zero-order chi connectivity index (χ0) is 17.8. The lowest BCUT2D eigenvalue weighted by Crippen LogP contribution is -2.34. The Morgan fingerprint density at radius 3 is 2.36 bits per heavy atom. The number of hydrogen-bond acceptors (Lipinski definition) is 4. The average molecular weight is 342 g/mol. The second-order valence-electron chi connectivity index (χ2n) is 5.33. The van der Waals surface area contributed by atoms with E-state index in [4.69, 9.17) is 4.42 Å². The standard InChI is InChI=1S/C18H15FN2O4/c19-14-3-1-2-12-10-15(25-16(12)14)18(24)21-9-8-20-17(23)11-4-6-13(22)7-5-11/h1-7,10,22H,8-9H2,(H,20,23)(H,21,24). The lowest BCUT2D eigenvalue weighted by molar-refractivity contribution is 0.0912. The summed E-state index contributed by atoms with van der Waals surface area (Å²) in [7, 11) is 0. The van der Waals surface area contributed by atoms with Crippen LogP contribution in [0.5, 0.6) is 5.75 Å². The van der Waals surface area contributed by atoms with E-state index in [2.05, 4.69) is 10.6 Å². The van der Waals surface area contributed by atoms with Gasteiger partial charge in [0.25, 0.3) is 11.8 Å². The number of furan rings is 1. The van der Waals surface area contributed by atoms with Crippen molar-refractivity contribution in [3.05, 3.63) is 65.7 Å². The van der Waals surface area contributed by atoms with Crippen LogP contribution in [0, 0.1) is 5.82 Å². The molecular formula is C18H15FN2O4. The van der Waals surface area contributed by atoms with Crippen LogP contribution in [0.4, 0.5) is 4.39 Å². The Hall–Kier alpha value is -3.35. The average Bonchev–Trinajstić information content (AvgIpc) is 3.05. The Morgan fingerprint density at radius 2 is 1.68 bits per heavy atom. The lowest BCUT2D eigenvalue weighted by atomic mass is 10.2. The third-order valence-electron chi connectivity index (χ3n) is 3.55. The maximum atomic E-state index is 13.6. The van der Waals surface area contributed by atoms with Crippen LogP contribution >= 0.6 is 0 Å². The summed E-state index contributed by atoms with van der Waals surface area (Å²) in [5.74, 6) is -1.26. The van der Waals surface area contributed by atoms with Crippen molar-refractivity contribution >= 4 is 22.8 Å². The molecule has 0 fully saturated rings. The fourth-order valence-electron chi connectivity index (χ4n) is 2.29. The normalized spacial score (nSPS) is 10.6. The first-order valence-electron chi connectivity index (χ1n) is 7.58. The molecule has 1 aromatic heterocycles. The summed E-state index contributed by atoms with van der Waals surface area (Å²) in [4.78, 5) is 23.9. The van der Waals surface area contributed by atoms with Crippen molar-refractivity contribution in [2.45, 2.75) is 0 Å². The fourth-order valence-corrected chi connectivity index (χ4v) is 2.29. The molecule has 0 aliphatic rings. The largest absolute Gasteiger partial charge is 0.508 e. The number of halogens is 1. The molecule has 3 aromatic rings. The van der Waals surface area contributed by atoms with Gasteiger partial charge < -0.3 is 20.2 Å². The number of amides is 2. The van der Waals surface area contributed by atoms with Crippen molar-refractivity contribution in [3.8, 4) is 5.75 Å². The number of carbonyl (C=O) groups is 2. The van der Waals surface area contributed by atoms with Crippen molar-refractivity contribution in [1.82, 2.24) is 10.6 Å². The number of para-hydroxylation sites is 1. The Kier molecular flexibility index (Phi) is 4.65. The Balaban J connectivity index is 1.51. The molecule has 0 bridgehead atoms. The number of fused-ring (bicyclic) bond motifs is 1. The number of hydrogen-bond donors (Lipinski definition) is 3. The van der Waals surface area contributed by atoms with E-state index in [9.17, 15) is 19.1 Å². The van der Waals surface area contributed by atoms with E-state index in [0.717, 1.165) is 0 Å². The first-order chi connectivity index (χ1) is 12.0. The monoisotopic (exact) mass is 342 g/mol. The lowest BCUT2D eigenvalue weighted by Gasteiger charge is -2.06. The predicted octanol–water partition coefficient (Wildman–Crippen LogP) is 2.44. The van der Waals surface area contributed by atoms with Crippen LogP contribution in [0.15, 0.2) is 52.9 Å². The van der Waals surface area contributed by atoms with Crippen LogP contribution in [0.3, 0.4) is 0 Å². The van der Waals surface area contributed by atoms with Gasteiger partial charge in [-0.15, -0.1) is 0 Å². The van der Waals surface area contributed by atoms with Gasteiger partial charge in [-0.05, 0) is 36.4 Å². The molecular weight excluding hydrogens is 327 g/mol. The van der Waals surface area contributed by atoms with E-state index in [1.54, 1.807) is 6.07 Å². The zero-order valence-corrected chi connectivity index (χ0v) is 13.1. The summed E-state index contributed by atoms with van der Waals surface area (Å²) in [6.45, 7) is 0.391. The van der Waals surface area contributed by atoms with Crippen molar-refractivity contribution in [2.75, 3.05) is 13.1 Å². The Bertz CT molecular complexity index is 918. The number of nitrogens with one attached hydrogen (secondary N) is 2. The third kappa shape index (κ3) is 3.77. The van der Waals surface area contributed by atoms with Crippen LogP contribution < -0.4 is 10.6 Å². The molecule has 6 nitrogen and oxygen atoms in total. The van der Waals surface area contributed by atoms with E-state index in [-0.39, 0.29) is 36.1 Å². The van der Waals surface area contributed by atoms with Gasteiger partial charge in [0.1, 0.15) is 5.75 Å². The number of aromatic hydroxyl groups is 1. The molecule has 0 saturated heterocycles. The number of carbonyl (C=O) groups excluding carboxylic acids is 2. The zero-order valence-electron chi connectivity index (χ0n) is 13.1. The summed E-state index contributed by atoms with van der Waals surface area (Å²) < 4.78 is 18.8. The number of phenols is 1. The molecule has 0 radical (unpaired) electrons. The third-order valence-corrected chi connectivity index (χ3v) is 3.55. The highest BCUT2D eigenvalue weighted by Gasteiger charge is 2.14. The van der Waals surface area contributed by atoms with E-state index in [0.29, 0.717) is 10.9 Å². The minimum absolute atomic E-state index is 0.00459. The maximum Gasteiger partial charge on any atom is 0.287 e. The quantitative estimate of drug-likeness (QED) is 0.621. The molecule has 0 saturated carbocycles. The molecule has 3 rings (SSSR count). The number of phenolic OH excluding ortho intramolecular Hbond substituents is 1. The van der Waals surface area contributed by atoms with E-state index in [1.165, 1.54) is 42.5 Å². The highest BCUT2D eigenvalue weighted by atomic mass is 19.1. The van der Waals surface area contributed by atoms with Gasteiger partial charge in [-0.1, -0.05) is 12.1 Å². The molecule has 0 spiro atoms. The van der Waals surface area contributed by atoms with Gasteiger partial charge in [0.05, 0.1) is 0 Å². The molecule has 7 heteroatoms. The molecule has 1 heterocycles. The van der Waals surface area contributed by atoms with Gasteiger partial charge in [-0.25, -0.2) is 4.39 Å². The fraction of sp³-hybridized carbons (Fsp3) is 0.111. The van der Waals surface area contributed by atoms with Gasteiger partial charge in [0.15, 0.2) is 17.2 Å². The summed E-state index contributed by atoms with van der Waals surface area (Å²) in [5.41, 5.74) is 0.435. The van der Waals surface area contributed by atoms with Gasteiger partial charge in [0, 0.05) is 24.0 Å². The molecule has 3 N–H and O–H groups in total. The molecule has 128 valence electrons. The van der Waals surface area contributed by atoms with Crippen molar-refractivity contribution in [3.63, 3.8) is 0 Å². The van der Waals surface area contributed by atoms with Crippen LogP contribution in [0.2, 0.25) is 0 Å². The van der Waals surface area contributed by atoms with Gasteiger partial charge >= 0.3 is 0 Å². The topological polar surface area (TPSA) is 91.6 Å². The van der Waals surface area contributed by atoms with Crippen LogP contribution in [0.25, 0.3) is 11.0 Å². The summed E-state index contributed by atoms with van der Waals surface area (Å²) >= 11 is 0.